The van der Waals surface area contributed by atoms with Crippen molar-refractivity contribution in [2.24, 2.45) is 0 Å². The van der Waals surface area contributed by atoms with Crippen molar-refractivity contribution in [3.63, 3.8) is 0 Å². The van der Waals surface area contributed by atoms with Gasteiger partial charge in [0.15, 0.2) is 0 Å². The number of aryl methyl sites for hydroxylation is 1. The second-order valence-corrected chi connectivity index (χ2v) is 6.38. The predicted molar refractivity (Wildman–Crippen MR) is 89.9 cm³/mol. The van der Waals surface area contributed by atoms with E-state index in [4.69, 9.17) is 4.74 Å². The Morgan fingerprint density at radius 2 is 2.10 bits per heavy atom. The number of hydrogen-bond acceptors (Lipinski definition) is 3. The van der Waals surface area contributed by atoms with Gasteiger partial charge in [-0.2, -0.15) is 0 Å². The fourth-order valence-electron chi connectivity index (χ4n) is 2.22. The summed E-state index contributed by atoms with van der Waals surface area (Å²) in [4.78, 5) is 1.38. The molecule has 1 N–H and O–H groups in total. The lowest BCUT2D eigenvalue weighted by Gasteiger charge is -2.19. The van der Waals surface area contributed by atoms with Crippen LogP contribution in [0.3, 0.4) is 0 Å². The summed E-state index contributed by atoms with van der Waals surface area (Å²) in [6, 6.07) is 8.75. The summed E-state index contributed by atoms with van der Waals surface area (Å²) < 4.78 is 6.59. The molecule has 108 valence electrons. The van der Waals surface area contributed by atoms with E-state index in [1.165, 1.54) is 16.0 Å². The molecule has 0 spiro atoms. The molecule has 4 heteroatoms. The lowest BCUT2D eigenvalue weighted by atomic mass is 10.0. The molecule has 2 nitrogen and oxygen atoms in total. The third-order valence-electron chi connectivity index (χ3n) is 3.16. The first kappa shape index (κ1) is 15.5. The third kappa shape index (κ3) is 3.43. The zero-order valence-electron chi connectivity index (χ0n) is 12.1. The predicted octanol–water partition coefficient (Wildman–Crippen LogP) is 4.92. The van der Waals surface area contributed by atoms with Gasteiger partial charge in [0.25, 0.3) is 0 Å². The van der Waals surface area contributed by atoms with Gasteiger partial charge >= 0.3 is 0 Å². The van der Waals surface area contributed by atoms with Crippen LogP contribution in [0.1, 0.15) is 35.9 Å². The van der Waals surface area contributed by atoms with Crippen molar-refractivity contribution in [1.82, 2.24) is 5.32 Å². The van der Waals surface area contributed by atoms with Crippen LogP contribution in [0, 0.1) is 6.92 Å². The van der Waals surface area contributed by atoms with E-state index in [1.54, 1.807) is 11.3 Å². The fraction of sp³-hybridized carbons (Fsp3) is 0.375. The minimum Gasteiger partial charge on any atom is -0.493 e. The zero-order valence-corrected chi connectivity index (χ0v) is 14.5. The van der Waals surface area contributed by atoms with E-state index in [1.807, 2.05) is 13.0 Å². The Bertz CT molecular complexity index is 567. The molecular weight excluding hydrogens is 334 g/mol. The second-order valence-electron chi connectivity index (χ2n) is 4.58. The highest BCUT2D eigenvalue weighted by molar-refractivity contribution is 9.10. The van der Waals surface area contributed by atoms with Gasteiger partial charge in [-0.25, -0.2) is 0 Å². The first-order valence-electron chi connectivity index (χ1n) is 6.87. The van der Waals surface area contributed by atoms with Gasteiger partial charge in [-0.1, -0.05) is 13.0 Å². The largest absolute Gasteiger partial charge is 0.493 e. The number of hydrogen-bond donors (Lipinski definition) is 1. The average Bonchev–Trinajstić information content (AvgIpc) is 2.85. The number of benzene rings is 1. The van der Waals surface area contributed by atoms with Gasteiger partial charge in [-0.05, 0) is 71.0 Å². The summed E-state index contributed by atoms with van der Waals surface area (Å²) in [5.41, 5.74) is 2.60. The molecule has 20 heavy (non-hydrogen) atoms. The Morgan fingerprint density at radius 3 is 2.65 bits per heavy atom. The number of rotatable bonds is 6. The molecule has 1 unspecified atom stereocenters. The number of ether oxygens (including phenoxy) is 1. The lowest BCUT2D eigenvalue weighted by molar-refractivity contribution is 0.338. The average molecular weight is 354 g/mol. The van der Waals surface area contributed by atoms with Gasteiger partial charge in [0.1, 0.15) is 5.75 Å². The summed E-state index contributed by atoms with van der Waals surface area (Å²) >= 11 is 5.40. The maximum Gasteiger partial charge on any atom is 0.133 e. The van der Waals surface area contributed by atoms with Crippen LogP contribution in [-0.2, 0) is 0 Å². The molecule has 0 bridgehead atoms. The zero-order chi connectivity index (χ0) is 14.5. The van der Waals surface area contributed by atoms with Gasteiger partial charge in [0, 0.05) is 4.88 Å². The van der Waals surface area contributed by atoms with Gasteiger partial charge in [-0.3, -0.25) is 0 Å². The van der Waals surface area contributed by atoms with E-state index in [0.717, 1.165) is 16.8 Å². The summed E-state index contributed by atoms with van der Waals surface area (Å²) in [6.45, 7) is 7.92. The molecule has 1 aromatic heterocycles. The Balaban J connectivity index is 2.35. The first-order valence-corrected chi connectivity index (χ1v) is 8.54. The van der Waals surface area contributed by atoms with Crippen molar-refractivity contribution in [3.05, 3.63) is 50.1 Å². The molecule has 1 aromatic carbocycles. The van der Waals surface area contributed by atoms with Crippen LogP contribution in [0.4, 0.5) is 0 Å². The first-order chi connectivity index (χ1) is 9.67. The molecule has 0 saturated carbocycles. The van der Waals surface area contributed by atoms with Crippen LogP contribution < -0.4 is 10.1 Å². The molecule has 0 aliphatic carbocycles. The monoisotopic (exact) mass is 353 g/mol. The lowest BCUT2D eigenvalue weighted by Crippen LogP contribution is -2.21. The Morgan fingerprint density at radius 1 is 1.30 bits per heavy atom. The normalized spacial score (nSPS) is 12.4. The third-order valence-corrected chi connectivity index (χ3v) is 4.86. The summed E-state index contributed by atoms with van der Waals surface area (Å²) in [5.74, 6) is 0.898. The minimum atomic E-state index is 0.243. The molecule has 2 rings (SSSR count). The smallest absolute Gasteiger partial charge is 0.133 e. The van der Waals surface area contributed by atoms with Crippen LogP contribution in [0.5, 0.6) is 5.75 Å². The van der Waals surface area contributed by atoms with Gasteiger partial charge in [0.05, 0.1) is 17.1 Å². The molecule has 1 heterocycles. The number of thiophene rings is 1. The minimum absolute atomic E-state index is 0.243. The van der Waals surface area contributed by atoms with Gasteiger partial charge in [-0.15, -0.1) is 11.3 Å². The quantitative estimate of drug-likeness (QED) is 0.795. The molecule has 1 atom stereocenters. The van der Waals surface area contributed by atoms with E-state index in [9.17, 15) is 0 Å². The van der Waals surface area contributed by atoms with Crippen LogP contribution >= 0.6 is 27.3 Å². The fourth-order valence-corrected chi connectivity index (χ4v) is 3.75. The van der Waals surface area contributed by atoms with Crippen LogP contribution in [0.2, 0.25) is 0 Å². The van der Waals surface area contributed by atoms with E-state index in [0.29, 0.717) is 6.61 Å². The number of nitrogens with one attached hydrogen (secondary N) is 1. The molecule has 0 fully saturated rings. The maximum absolute atomic E-state index is 5.58. The number of halogens is 1. The summed E-state index contributed by atoms with van der Waals surface area (Å²) in [5, 5.41) is 5.72. The van der Waals surface area contributed by atoms with Crippen molar-refractivity contribution >= 4 is 27.3 Å². The van der Waals surface area contributed by atoms with Crippen LogP contribution in [0.15, 0.2) is 34.1 Å². The molecular formula is C16H20BrNOS. The van der Waals surface area contributed by atoms with E-state index < -0.39 is 0 Å². The van der Waals surface area contributed by atoms with Gasteiger partial charge < -0.3 is 10.1 Å². The standard InChI is InChI=1S/C16H20BrNOS/c1-4-18-15(16-11(3)8-9-20-16)12-6-7-14(19-5-2)13(17)10-12/h6-10,15,18H,4-5H2,1-3H3. The summed E-state index contributed by atoms with van der Waals surface area (Å²) in [6.07, 6.45) is 0. The highest BCUT2D eigenvalue weighted by atomic mass is 79.9. The molecule has 0 aliphatic rings. The topological polar surface area (TPSA) is 21.3 Å². The Hall–Kier alpha value is -0.840. The van der Waals surface area contributed by atoms with Crippen molar-refractivity contribution in [3.8, 4) is 5.75 Å². The van der Waals surface area contributed by atoms with Crippen molar-refractivity contribution < 1.29 is 4.74 Å². The van der Waals surface area contributed by atoms with Crippen molar-refractivity contribution in [2.75, 3.05) is 13.2 Å². The molecule has 2 aromatic rings. The van der Waals surface area contributed by atoms with E-state index in [2.05, 4.69) is 58.7 Å². The van der Waals surface area contributed by atoms with Crippen molar-refractivity contribution in [2.45, 2.75) is 26.8 Å². The SMILES string of the molecule is CCNC(c1ccc(OCC)c(Br)c1)c1sccc1C. The molecule has 0 amide bonds. The van der Waals surface area contributed by atoms with Crippen LogP contribution in [0.25, 0.3) is 0 Å². The summed E-state index contributed by atoms with van der Waals surface area (Å²) in [7, 11) is 0. The van der Waals surface area contributed by atoms with Crippen molar-refractivity contribution in [1.29, 1.82) is 0 Å². The maximum atomic E-state index is 5.58. The Labute approximate surface area is 133 Å². The Kier molecular flexibility index (Phi) is 5.64. The highest BCUT2D eigenvalue weighted by Gasteiger charge is 2.17. The van der Waals surface area contributed by atoms with Gasteiger partial charge in [0.2, 0.25) is 0 Å². The highest BCUT2D eigenvalue weighted by Crippen LogP contribution is 2.33. The molecule has 0 aliphatic heterocycles. The van der Waals surface area contributed by atoms with Crippen LogP contribution in [-0.4, -0.2) is 13.2 Å². The van der Waals surface area contributed by atoms with E-state index in [-0.39, 0.29) is 6.04 Å². The molecule has 0 saturated heterocycles. The van der Waals surface area contributed by atoms with E-state index >= 15 is 0 Å². The molecule has 0 radical (unpaired) electrons. The second kappa shape index (κ2) is 7.25.